The van der Waals surface area contributed by atoms with Gasteiger partial charge in [0.15, 0.2) is 0 Å². The number of carbonyl (C=O) groups is 2. The maximum absolute atomic E-state index is 12.4. The zero-order chi connectivity index (χ0) is 19.6. The molecular formula is C20H24N4O3. The predicted molar refractivity (Wildman–Crippen MR) is 100 cm³/mol. The Morgan fingerprint density at radius 3 is 2.63 bits per heavy atom. The number of aromatic nitrogens is 3. The molecule has 1 aliphatic heterocycles. The van der Waals surface area contributed by atoms with Gasteiger partial charge in [-0.05, 0) is 24.8 Å². The topological polar surface area (TPSA) is 96.3 Å². The van der Waals surface area contributed by atoms with Crippen molar-refractivity contribution in [2.45, 2.75) is 33.6 Å². The molecule has 142 valence electrons. The van der Waals surface area contributed by atoms with Crippen molar-refractivity contribution in [2.75, 3.05) is 13.1 Å². The monoisotopic (exact) mass is 368 g/mol. The fourth-order valence-corrected chi connectivity index (χ4v) is 3.29. The Hall–Kier alpha value is -2.83. The molecule has 0 spiro atoms. The van der Waals surface area contributed by atoms with Gasteiger partial charge in [0.2, 0.25) is 5.91 Å². The molecule has 1 aliphatic rings. The summed E-state index contributed by atoms with van der Waals surface area (Å²) in [5.74, 6) is -0.492. The van der Waals surface area contributed by atoms with Gasteiger partial charge in [0, 0.05) is 42.7 Å². The zero-order valence-electron chi connectivity index (χ0n) is 15.8. The van der Waals surface area contributed by atoms with Crippen LogP contribution in [0.1, 0.15) is 43.2 Å². The van der Waals surface area contributed by atoms with Gasteiger partial charge in [0.05, 0.1) is 23.1 Å². The molecule has 1 amide bonds. The van der Waals surface area contributed by atoms with E-state index in [1.54, 1.807) is 24.7 Å². The Morgan fingerprint density at radius 2 is 1.93 bits per heavy atom. The number of carboxylic acids is 1. The van der Waals surface area contributed by atoms with Crippen molar-refractivity contribution in [3.8, 4) is 11.3 Å². The lowest BCUT2D eigenvalue weighted by Crippen LogP contribution is -2.38. The summed E-state index contributed by atoms with van der Waals surface area (Å²) in [4.78, 5) is 38.4. The van der Waals surface area contributed by atoms with E-state index in [1.165, 1.54) is 6.20 Å². The summed E-state index contributed by atoms with van der Waals surface area (Å²) in [7, 11) is 0. The summed E-state index contributed by atoms with van der Waals surface area (Å²) in [6, 6.07) is 1.54. The second-order valence-electron chi connectivity index (χ2n) is 8.02. The molecule has 0 unspecified atom stereocenters. The number of hydrogen-bond donors (Lipinski definition) is 1. The van der Waals surface area contributed by atoms with E-state index in [4.69, 9.17) is 5.11 Å². The van der Waals surface area contributed by atoms with Crippen molar-refractivity contribution in [1.82, 2.24) is 19.9 Å². The molecular weight excluding hydrogens is 344 g/mol. The number of carbonyl (C=O) groups excluding carboxylic acids is 1. The standard InChI is InChI=1S/C20H24N4O3/c1-20(2,3)19(27)24-5-4-13(12-24)6-16-10-22-11-17(23-16)14-7-15(18(25)26)9-21-8-14/h7-11,13H,4-6,12H2,1-3H3,(H,25,26)/t13-/m1/s1. The third-order valence-electron chi connectivity index (χ3n) is 4.68. The summed E-state index contributed by atoms with van der Waals surface area (Å²) < 4.78 is 0. The Labute approximate surface area is 158 Å². The molecule has 1 saturated heterocycles. The predicted octanol–water partition coefficient (Wildman–Crippen LogP) is 2.67. The van der Waals surface area contributed by atoms with Crippen molar-refractivity contribution in [1.29, 1.82) is 0 Å². The average molecular weight is 368 g/mol. The van der Waals surface area contributed by atoms with Crippen LogP contribution in [0, 0.1) is 11.3 Å². The molecule has 0 aromatic carbocycles. The number of pyridine rings is 1. The number of rotatable bonds is 4. The van der Waals surface area contributed by atoms with Crippen LogP contribution in [0.5, 0.6) is 0 Å². The van der Waals surface area contributed by atoms with Gasteiger partial charge in [-0.25, -0.2) is 9.78 Å². The van der Waals surface area contributed by atoms with Gasteiger partial charge < -0.3 is 10.0 Å². The lowest BCUT2D eigenvalue weighted by atomic mass is 9.95. The SMILES string of the molecule is CC(C)(C)C(=O)N1CC[C@H](Cc2cncc(-c3cncc(C(=O)O)c3)n2)C1. The van der Waals surface area contributed by atoms with Crippen molar-refractivity contribution >= 4 is 11.9 Å². The minimum Gasteiger partial charge on any atom is -0.478 e. The first kappa shape index (κ1) is 18.9. The van der Waals surface area contributed by atoms with Gasteiger partial charge in [0.25, 0.3) is 0 Å². The van der Waals surface area contributed by atoms with Crippen molar-refractivity contribution in [3.63, 3.8) is 0 Å². The number of aromatic carboxylic acids is 1. The van der Waals surface area contributed by atoms with E-state index in [-0.39, 0.29) is 16.9 Å². The van der Waals surface area contributed by atoms with E-state index in [1.807, 2.05) is 25.7 Å². The Morgan fingerprint density at radius 1 is 1.19 bits per heavy atom. The molecule has 1 atom stereocenters. The first-order chi connectivity index (χ1) is 12.7. The summed E-state index contributed by atoms with van der Waals surface area (Å²) >= 11 is 0. The van der Waals surface area contributed by atoms with Crippen molar-refractivity contribution in [3.05, 3.63) is 42.1 Å². The summed E-state index contributed by atoms with van der Waals surface area (Å²) in [6.07, 6.45) is 7.91. The molecule has 3 heterocycles. The van der Waals surface area contributed by atoms with Gasteiger partial charge in [-0.15, -0.1) is 0 Å². The number of nitrogens with zero attached hydrogens (tertiary/aromatic N) is 4. The van der Waals surface area contributed by atoms with E-state index in [0.29, 0.717) is 17.2 Å². The molecule has 1 fully saturated rings. The van der Waals surface area contributed by atoms with E-state index in [9.17, 15) is 9.59 Å². The van der Waals surface area contributed by atoms with Crippen LogP contribution >= 0.6 is 0 Å². The second-order valence-corrected chi connectivity index (χ2v) is 8.02. The zero-order valence-corrected chi connectivity index (χ0v) is 15.8. The van der Waals surface area contributed by atoms with Crippen LogP contribution < -0.4 is 0 Å². The van der Waals surface area contributed by atoms with E-state index < -0.39 is 5.97 Å². The fraction of sp³-hybridized carbons (Fsp3) is 0.450. The summed E-state index contributed by atoms with van der Waals surface area (Å²) in [5.41, 5.74) is 1.82. The minimum atomic E-state index is -1.02. The first-order valence-electron chi connectivity index (χ1n) is 9.03. The van der Waals surface area contributed by atoms with Crippen LogP contribution in [0.3, 0.4) is 0 Å². The van der Waals surface area contributed by atoms with Crippen LogP contribution in [-0.2, 0) is 11.2 Å². The maximum Gasteiger partial charge on any atom is 0.337 e. The minimum absolute atomic E-state index is 0.117. The van der Waals surface area contributed by atoms with E-state index in [0.717, 1.165) is 31.6 Å². The molecule has 0 radical (unpaired) electrons. The highest BCUT2D eigenvalue weighted by Gasteiger charge is 2.32. The van der Waals surface area contributed by atoms with Crippen LogP contribution in [0.15, 0.2) is 30.9 Å². The lowest BCUT2D eigenvalue weighted by molar-refractivity contribution is -0.138. The highest BCUT2D eigenvalue weighted by atomic mass is 16.4. The van der Waals surface area contributed by atoms with E-state index in [2.05, 4.69) is 15.0 Å². The Kier molecular flexibility index (Phi) is 5.21. The Balaban J connectivity index is 1.71. The van der Waals surface area contributed by atoms with Crippen LogP contribution in [0.4, 0.5) is 0 Å². The molecule has 2 aromatic heterocycles. The molecule has 1 N–H and O–H groups in total. The molecule has 0 bridgehead atoms. The van der Waals surface area contributed by atoms with Crippen molar-refractivity contribution < 1.29 is 14.7 Å². The molecule has 7 heteroatoms. The maximum atomic E-state index is 12.4. The summed E-state index contributed by atoms with van der Waals surface area (Å²) in [5, 5.41) is 9.12. The third-order valence-corrected chi connectivity index (χ3v) is 4.68. The molecule has 0 saturated carbocycles. The largest absolute Gasteiger partial charge is 0.478 e. The van der Waals surface area contributed by atoms with Crippen LogP contribution in [0.25, 0.3) is 11.3 Å². The number of carboxylic acid groups (broad SMARTS) is 1. The first-order valence-corrected chi connectivity index (χ1v) is 9.03. The number of amides is 1. The number of hydrogen-bond acceptors (Lipinski definition) is 5. The van der Waals surface area contributed by atoms with Gasteiger partial charge in [-0.3, -0.25) is 14.8 Å². The summed E-state index contributed by atoms with van der Waals surface area (Å²) in [6.45, 7) is 7.33. The van der Waals surface area contributed by atoms with Crippen LogP contribution in [0.2, 0.25) is 0 Å². The smallest absolute Gasteiger partial charge is 0.337 e. The highest BCUT2D eigenvalue weighted by Crippen LogP contribution is 2.26. The molecule has 7 nitrogen and oxygen atoms in total. The van der Waals surface area contributed by atoms with Crippen molar-refractivity contribution in [2.24, 2.45) is 11.3 Å². The average Bonchev–Trinajstić information content (AvgIpc) is 3.09. The van der Waals surface area contributed by atoms with Gasteiger partial charge >= 0.3 is 5.97 Å². The lowest BCUT2D eigenvalue weighted by Gasteiger charge is -2.25. The van der Waals surface area contributed by atoms with Gasteiger partial charge in [-0.2, -0.15) is 0 Å². The molecule has 0 aliphatic carbocycles. The quantitative estimate of drug-likeness (QED) is 0.891. The third kappa shape index (κ3) is 4.48. The van der Waals surface area contributed by atoms with Gasteiger partial charge in [-0.1, -0.05) is 20.8 Å². The van der Waals surface area contributed by atoms with Gasteiger partial charge in [0.1, 0.15) is 0 Å². The highest BCUT2D eigenvalue weighted by molar-refractivity contribution is 5.88. The number of likely N-dealkylation sites (tertiary alicyclic amines) is 1. The Bertz CT molecular complexity index is 860. The van der Waals surface area contributed by atoms with E-state index >= 15 is 0 Å². The fourth-order valence-electron chi connectivity index (χ4n) is 3.29. The molecule has 3 rings (SSSR count). The normalized spacial score (nSPS) is 17.1. The molecule has 27 heavy (non-hydrogen) atoms. The van der Waals surface area contributed by atoms with Crippen LogP contribution in [-0.4, -0.2) is 49.9 Å². The molecule has 2 aromatic rings. The second kappa shape index (κ2) is 7.42.